The second-order valence-corrected chi connectivity index (χ2v) is 8.52. The monoisotopic (exact) mass is 455 g/mol. The topological polar surface area (TPSA) is 65.2 Å². The van der Waals surface area contributed by atoms with Crippen molar-refractivity contribution in [1.82, 2.24) is 15.2 Å². The lowest BCUT2D eigenvalue weighted by molar-refractivity contribution is -0.136. The number of hydrogen-bond donors (Lipinski definition) is 2. The van der Waals surface area contributed by atoms with Crippen LogP contribution in [0.1, 0.15) is 25.0 Å². The molecule has 1 aromatic heterocycles. The van der Waals surface area contributed by atoms with Gasteiger partial charge in [-0.15, -0.1) is 0 Å². The summed E-state index contributed by atoms with van der Waals surface area (Å²) >= 11 is 3.43. The first-order valence-corrected chi connectivity index (χ1v) is 10.5. The predicted molar refractivity (Wildman–Crippen MR) is 119 cm³/mol. The molecule has 0 fully saturated rings. The second-order valence-electron chi connectivity index (χ2n) is 7.60. The molecule has 2 amide bonds. The Hall–Kier alpha value is -2.60. The van der Waals surface area contributed by atoms with Crippen LogP contribution in [0.15, 0.2) is 59.2 Å². The largest absolute Gasteiger partial charge is 0.361 e. The van der Waals surface area contributed by atoms with Gasteiger partial charge in [0.05, 0.1) is 0 Å². The first-order chi connectivity index (χ1) is 13.8. The lowest BCUT2D eigenvalue weighted by Crippen LogP contribution is -2.49. The van der Waals surface area contributed by atoms with Crippen LogP contribution in [0.2, 0.25) is 0 Å². The molecule has 3 rings (SSSR count). The maximum Gasteiger partial charge on any atom is 0.245 e. The second kappa shape index (κ2) is 9.27. The summed E-state index contributed by atoms with van der Waals surface area (Å²) in [5, 5.41) is 4.01. The fourth-order valence-corrected chi connectivity index (χ4v) is 3.53. The maximum absolute atomic E-state index is 13.2. The summed E-state index contributed by atoms with van der Waals surface area (Å²) in [5.74, 6) is -0.419. The number of nitrogens with one attached hydrogen (secondary N) is 2. The summed E-state index contributed by atoms with van der Waals surface area (Å²) in [7, 11) is 1.77. The summed E-state index contributed by atoms with van der Waals surface area (Å²) in [5.41, 5.74) is 3.07. The molecule has 1 atom stereocenters. The van der Waals surface area contributed by atoms with E-state index < -0.39 is 6.04 Å². The fraction of sp³-hybridized carbons (Fsp3) is 0.304. The molecule has 0 aliphatic carbocycles. The van der Waals surface area contributed by atoms with Gasteiger partial charge in [0.1, 0.15) is 6.04 Å². The minimum absolute atomic E-state index is 0.104. The number of para-hydroxylation sites is 1. The van der Waals surface area contributed by atoms with Crippen molar-refractivity contribution in [3.05, 3.63) is 70.3 Å². The van der Waals surface area contributed by atoms with E-state index in [1.165, 1.54) is 0 Å². The van der Waals surface area contributed by atoms with Gasteiger partial charge in [-0.25, -0.2) is 0 Å². The smallest absolute Gasteiger partial charge is 0.245 e. The average Bonchev–Trinajstić information content (AvgIpc) is 3.11. The third-order valence-corrected chi connectivity index (χ3v) is 5.48. The number of benzene rings is 2. The lowest BCUT2D eigenvalue weighted by atomic mass is 10.0. The summed E-state index contributed by atoms with van der Waals surface area (Å²) in [6.07, 6.45) is 2.35. The zero-order valence-corrected chi connectivity index (χ0v) is 18.5. The number of H-pyrrole nitrogens is 1. The Labute approximate surface area is 179 Å². The highest BCUT2D eigenvalue weighted by Crippen LogP contribution is 2.20. The van der Waals surface area contributed by atoms with Crippen LogP contribution in [-0.2, 0) is 22.6 Å². The van der Waals surface area contributed by atoms with Crippen molar-refractivity contribution in [2.75, 3.05) is 7.05 Å². The normalized spacial score (nSPS) is 12.2. The van der Waals surface area contributed by atoms with E-state index in [1.807, 2.05) is 68.6 Å². The standard InChI is InChI=1S/C23H26BrN3O2/c1-15(2)22(28)26-21(12-17-13-25-20-7-5-4-6-19(17)20)23(29)27(3)14-16-8-10-18(24)11-9-16/h4-11,13,15,21,25H,12,14H2,1-3H3,(H,26,28). The van der Waals surface area contributed by atoms with E-state index >= 15 is 0 Å². The van der Waals surface area contributed by atoms with E-state index in [0.717, 1.165) is 26.5 Å². The zero-order valence-electron chi connectivity index (χ0n) is 16.9. The van der Waals surface area contributed by atoms with Crippen LogP contribution in [0, 0.1) is 5.92 Å². The van der Waals surface area contributed by atoms with Crippen LogP contribution in [0.25, 0.3) is 10.9 Å². The molecular weight excluding hydrogens is 430 g/mol. The molecule has 29 heavy (non-hydrogen) atoms. The highest BCUT2D eigenvalue weighted by Gasteiger charge is 2.26. The minimum atomic E-state index is -0.621. The van der Waals surface area contributed by atoms with Crippen molar-refractivity contribution < 1.29 is 9.59 Å². The van der Waals surface area contributed by atoms with E-state index in [9.17, 15) is 9.59 Å². The molecule has 0 radical (unpaired) electrons. The SMILES string of the molecule is CC(C)C(=O)NC(Cc1c[nH]c2ccccc12)C(=O)N(C)Cc1ccc(Br)cc1. The van der Waals surface area contributed by atoms with Crippen LogP contribution < -0.4 is 5.32 Å². The zero-order chi connectivity index (χ0) is 21.0. The Morgan fingerprint density at radius 1 is 1.10 bits per heavy atom. The van der Waals surface area contributed by atoms with E-state index in [1.54, 1.807) is 11.9 Å². The molecule has 0 aliphatic rings. The number of amides is 2. The van der Waals surface area contributed by atoms with Crippen LogP contribution in [-0.4, -0.2) is 34.8 Å². The highest BCUT2D eigenvalue weighted by molar-refractivity contribution is 9.10. The molecule has 152 valence electrons. The number of halogens is 1. The predicted octanol–water partition coefficient (Wildman–Crippen LogP) is 4.27. The van der Waals surface area contributed by atoms with Crippen molar-refractivity contribution in [2.45, 2.75) is 32.9 Å². The Bertz CT molecular complexity index is 995. The number of likely N-dealkylation sites (N-methyl/N-ethyl adjacent to an activating group) is 1. The molecule has 0 aliphatic heterocycles. The number of fused-ring (bicyclic) bond motifs is 1. The van der Waals surface area contributed by atoms with Gasteiger partial charge in [-0.2, -0.15) is 0 Å². The van der Waals surface area contributed by atoms with Crippen LogP contribution in [0.4, 0.5) is 0 Å². The van der Waals surface area contributed by atoms with Crippen molar-refractivity contribution in [3.63, 3.8) is 0 Å². The first-order valence-electron chi connectivity index (χ1n) is 9.70. The summed E-state index contributed by atoms with van der Waals surface area (Å²) in [6.45, 7) is 4.14. The van der Waals surface area contributed by atoms with Gasteiger partial charge in [-0.05, 0) is 29.3 Å². The average molecular weight is 456 g/mol. The molecule has 0 saturated heterocycles. The van der Waals surface area contributed by atoms with E-state index in [2.05, 4.69) is 26.2 Å². The molecule has 3 aromatic rings. The third-order valence-electron chi connectivity index (χ3n) is 4.95. The van der Waals surface area contributed by atoms with Gasteiger partial charge in [0, 0.05) is 47.5 Å². The van der Waals surface area contributed by atoms with Crippen molar-refractivity contribution >= 4 is 38.6 Å². The van der Waals surface area contributed by atoms with Gasteiger partial charge >= 0.3 is 0 Å². The highest BCUT2D eigenvalue weighted by atomic mass is 79.9. The Morgan fingerprint density at radius 2 is 1.79 bits per heavy atom. The van der Waals surface area contributed by atoms with Crippen molar-refractivity contribution in [3.8, 4) is 0 Å². The Balaban J connectivity index is 1.80. The maximum atomic E-state index is 13.2. The van der Waals surface area contributed by atoms with Gasteiger partial charge in [0.25, 0.3) is 0 Å². The molecule has 5 nitrogen and oxygen atoms in total. The molecule has 0 saturated carbocycles. The molecule has 1 heterocycles. The molecule has 2 aromatic carbocycles. The van der Waals surface area contributed by atoms with Gasteiger partial charge < -0.3 is 15.2 Å². The first kappa shape index (κ1) is 21.1. The molecule has 1 unspecified atom stereocenters. The number of aromatic nitrogens is 1. The van der Waals surface area contributed by atoms with Crippen LogP contribution in [0.5, 0.6) is 0 Å². The Morgan fingerprint density at radius 3 is 2.48 bits per heavy atom. The summed E-state index contributed by atoms with van der Waals surface area (Å²) in [4.78, 5) is 30.5. The lowest BCUT2D eigenvalue weighted by Gasteiger charge is -2.25. The molecule has 0 spiro atoms. The summed E-state index contributed by atoms with van der Waals surface area (Å²) < 4.78 is 0.997. The van der Waals surface area contributed by atoms with Crippen molar-refractivity contribution in [1.29, 1.82) is 0 Å². The number of nitrogens with zero attached hydrogens (tertiary/aromatic N) is 1. The quantitative estimate of drug-likeness (QED) is 0.558. The number of hydrogen-bond acceptors (Lipinski definition) is 2. The molecule has 0 bridgehead atoms. The van der Waals surface area contributed by atoms with Crippen molar-refractivity contribution in [2.24, 2.45) is 5.92 Å². The van der Waals surface area contributed by atoms with E-state index in [0.29, 0.717) is 13.0 Å². The van der Waals surface area contributed by atoms with E-state index in [-0.39, 0.29) is 17.7 Å². The van der Waals surface area contributed by atoms with Crippen LogP contribution >= 0.6 is 15.9 Å². The number of carbonyl (C=O) groups excluding carboxylic acids is 2. The van der Waals surface area contributed by atoms with Crippen LogP contribution in [0.3, 0.4) is 0 Å². The number of carbonyl (C=O) groups is 2. The molecular formula is C23H26BrN3O2. The molecule has 6 heteroatoms. The Kier molecular flexibility index (Phi) is 6.75. The number of aromatic amines is 1. The van der Waals surface area contributed by atoms with Gasteiger partial charge in [0.2, 0.25) is 11.8 Å². The molecule has 2 N–H and O–H groups in total. The third kappa shape index (κ3) is 5.26. The fourth-order valence-electron chi connectivity index (χ4n) is 3.27. The summed E-state index contributed by atoms with van der Waals surface area (Å²) in [6, 6.07) is 15.2. The van der Waals surface area contributed by atoms with E-state index in [4.69, 9.17) is 0 Å². The van der Waals surface area contributed by atoms with Gasteiger partial charge in [0.15, 0.2) is 0 Å². The number of rotatable bonds is 7. The van der Waals surface area contributed by atoms with Gasteiger partial charge in [-0.1, -0.05) is 60.1 Å². The minimum Gasteiger partial charge on any atom is -0.361 e. The van der Waals surface area contributed by atoms with Gasteiger partial charge in [-0.3, -0.25) is 9.59 Å².